The molecule has 94 valence electrons. The largest absolute Gasteiger partial charge is 0.443 e. The number of carbonyl (C=O) groups excluding carboxylic acids is 1. The number of likely N-dealkylation sites (tertiary alicyclic amines) is 1. The van der Waals surface area contributed by atoms with Gasteiger partial charge >= 0.3 is 6.09 Å². The van der Waals surface area contributed by atoms with Crippen LogP contribution in [0.25, 0.3) is 0 Å². The number of carbonyl (C=O) groups is 1. The molecule has 1 saturated heterocycles. The Labute approximate surface area is 103 Å². The van der Waals surface area contributed by atoms with Gasteiger partial charge in [0.15, 0.2) is 0 Å². The Hall–Kier alpha value is -1.50. The van der Waals surface area contributed by atoms with Gasteiger partial charge in [0.25, 0.3) is 0 Å². The van der Waals surface area contributed by atoms with E-state index < -0.39 is 5.60 Å². The summed E-state index contributed by atoms with van der Waals surface area (Å²) >= 11 is 0. The summed E-state index contributed by atoms with van der Waals surface area (Å²) < 4.78 is 5.34. The van der Waals surface area contributed by atoms with E-state index in [0.29, 0.717) is 19.4 Å². The van der Waals surface area contributed by atoms with Gasteiger partial charge in [0.2, 0.25) is 0 Å². The Morgan fingerprint density at radius 2 is 2.24 bits per heavy atom. The van der Waals surface area contributed by atoms with Crippen molar-refractivity contribution in [1.82, 2.24) is 4.90 Å². The van der Waals surface area contributed by atoms with Crippen LogP contribution in [0.4, 0.5) is 4.79 Å². The summed E-state index contributed by atoms with van der Waals surface area (Å²) in [7, 11) is 0. The zero-order chi connectivity index (χ0) is 13.1. The fourth-order valence-electron chi connectivity index (χ4n) is 1.80. The molecule has 0 saturated carbocycles. The minimum atomic E-state index is -0.484. The summed E-state index contributed by atoms with van der Waals surface area (Å²) in [6, 6.07) is 2.26. The molecule has 17 heavy (non-hydrogen) atoms. The molecule has 1 fully saturated rings. The zero-order valence-electron chi connectivity index (χ0n) is 11.0. The number of hydrogen-bond donors (Lipinski definition) is 0. The van der Waals surface area contributed by atoms with E-state index in [0.717, 1.165) is 5.70 Å². The molecule has 0 aromatic carbocycles. The SMILES string of the molecule is C/C=C1/CC(C#N)CCN1C(=O)OC(C)(C)C. The summed E-state index contributed by atoms with van der Waals surface area (Å²) in [5, 5.41) is 8.90. The van der Waals surface area contributed by atoms with E-state index in [1.807, 2.05) is 33.8 Å². The highest BCUT2D eigenvalue weighted by Crippen LogP contribution is 2.26. The van der Waals surface area contributed by atoms with Gasteiger partial charge in [0.05, 0.1) is 12.0 Å². The number of allylic oxidation sites excluding steroid dienone is 2. The number of amides is 1. The van der Waals surface area contributed by atoms with Crippen LogP contribution in [0.5, 0.6) is 0 Å². The van der Waals surface area contributed by atoms with Crippen LogP contribution in [-0.4, -0.2) is 23.1 Å². The molecular weight excluding hydrogens is 216 g/mol. The molecule has 0 aromatic rings. The highest BCUT2D eigenvalue weighted by atomic mass is 16.6. The molecule has 1 aliphatic heterocycles. The van der Waals surface area contributed by atoms with Crippen LogP contribution < -0.4 is 0 Å². The maximum Gasteiger partial charge on any atom is 0.414 e. The van der Waals surface area contributed by atoms with E-state index in [2.05, 4.69) is 6.07 Å². The lowest BCUT2D eigenvalue weighted by atomic mass is 9.96. The van der Waals surface area contributed by atoms with Gasteiger partial charge in [-0.1, -0.05) is 6.08 Å². The van der Waals surface area contributed by atoms with Crippen molar-refractivity contribution in [3.8, 4) is 6.07 Å². The first-order chi connectivity index (χ1) is 7.87. The fraction of sp³-hybridized carbons (Fsp3) is 0.692. The minimum absolute atomic E-state index is 0.0138. The van der Waals surface area contributed by atoms with Gasteiger partial charge in [0.1, 0.15) is 5.60 Å². The molecule has 1 atom stereocenters. The number of hydrogen-bond acceptors (Lipinski definition) is 3. The molecule has 0 aliphatic carbocycles. The maximum atomic E-state index is 12.0. The molecule has 0 radical (unpaired) electrons. The lowest BCUT2D eigenvalue weighted by Crippen LogP contribution is -2.40. The van der Waals surface area contributed by atoms with Crippen molar-refractivity contribution in [3.63, 3.8) is 0 Å². The second-order valence-corrected chi connectivity index (χ2v) is 5.23. The van der Waals surface area contributed by atoms with E-state index in [1.165, 1.54) is 0 Å². The average molecular weight is 236 g/mol. The highest BCUT2D eigenvalue weighted by Gasteiger charge is 2.29. The third-order valence-electron chi connectivity index (χ3n) is 2.63. The third kappa shape index (κ3) is 3.77. The molecule has 0 bridgehead atoms. The lowest BCUT2D eigenvalue weighted by Gasteiger charge is -2.33. The minimum Gasteiger partial charge on any atom is -0.443 e. The molecule has 0 spiro atoms. The molecule has 1 heterocycles. The number of rotatable bonds is 0. The van der Waals surface area contributed by atoms with Gasteiger partial charge in [-0.2, -0.15) is 5.26 Å². The van der Waals surface area contributed by atoms with Gasteiger partial charge in [-0.25, -0.2) is 4.79 Å². The van der Waals surface area contributed by atoms with Gasteiger partial charge < -0.3 is 4.74 Å². The summed E-state index contributed by atoms with van der Waals surface area (Å²) in [4.78, 5) is 13.6. The smallest absolute Gasteiger partial charge is 0.414 e. The predicted octanol–water partition coefficient (Wildman–Crippen LogP) is 3.06. The Kier molecular flexibility index (Phi) is 4.17. The highest BCUT2D eigenvalue weighted by molar-refractivity contribution is 5.70. The van der Waals surface area contributed by atoms with Crippen LogP contribution in [0.3, 0.4) is 0 Å². The van der Waals surface area contributed by atoms with Crippen molar-refractivity contribution in [2.75, 3.05) is 6.54 Å². The zero-order valence-corrected chi connectivity index (χ0v) is 11.0. The first-order valence-corrected chi connectivity index (χ1v) is 5.92. The van der Waals surface area contributed by atoms with Gasteiger partial charge in [-0.15, -0.1) is 0 Å². The quantitative estimate of drug-likeness (QED) is 0.649. The predicted molar refractivity (Wildman–Crippen MR) is 65.0 cm³/mol. The average Bonchev–Trinajstić information content (AvgIpc) is 2.25. The summed E-state index contributed by atoms with van der Waals surface area (Å²) in [6.07, 6.45) is 2.91. The van der Waals surface area contributed by atoms with Gasteiger partial charge in [-0.3, -0.25) is 4.90 Å². The molecule has 4 nitrogen and oxygen atoms in total. The molecule has 0 aromatic heterocycles. The van der Waals surface area contributed by atoms with Crippen molar-refractivity contribution in [2.24, 2.45) is 5.92 Å². The van der Waals surface area contributed by atoms with Crippen LogP contribution in [0.15, 0.2) is 11.8 Å². The second-order valence-electron chi connectivity index (χ2n) is 5.23. The van der Waals surface area contributed by atoms with Crippen molar-refractivity contribution in [1.29, 1.82) is 5.26 Å². The van der Waals surface area contributed by atoms with Crippen LogP contribution in [0.2, 0.25) is 0 Å². The van der Waals surface area contributed by atoms with Crippen LogP contribution >= 0.6 is 0 Å². The Bertz CT molecular complexity index is 361. The van der Waals surface area contributed by atoms with Gasteiger partial charge in [0, 0.05) is 18.7 Å². The van der Waals surface area contributed by atoms with E-state index in [1.54, 1.807) is 4.90 Å². The third-order valence-corrected chi connectivity index (χ3v) is 2.63. The number of nitrogens with zero attached hydrogens (tertiary/aromatic N) is 2. The molecule has 1 rings (SSSR count). The first kappa shape index (κ1) is 13.6. The second kappa shape index (κ2) is 5.22. The van der Waals surface area contributed by atoms with Crippen molar-refractivity contribution >= 4 is 6.09 Å². The Balaban J connectivity index is 2.72. The molecule has 1 aliphatic rings. The summed E-state index contributed by atoms with van der Waals surface area (Å²) in [5.41, 5.74) is 0.402. The molecular formula is C13H20N2O2. The number of ether oxygens (including phenoxy) is 1. The monoisotopic (exact) mass is 236 g/mol. The van der Waals surface area contributed by atoms with Crippen LogP contribution in [-0.2, 0) is 4.74 Å². The van der Waals surface area contributed by atoms with Crippen molar-refractivity contribution < 1.29 is 9.53 Å². The molecule has 0 N–H and O–H groups in total. The topological polar surface area (TPSA) is 53.3 Å². The van der Waals surface area contributed by atoms with Crippen LogP contribution in [0, 0.1) is 17.2 Å². The lowest BCUT2D eigenvalue weighted by molar-refractivity contribution is 0.0275. The van der Waals surface area contributed by atoms with Crippen LogP contribution in [0.1, 0.15) is 40.5 Å². The van der Waals surface area contributed by atoms with Crippen molar-refractivity contribution in [3.05, 3.63) is 11.8 Å². The first-order valence-electron chi connectivity index (χ1n) is 5.92. The standard InChI is InChI=1S/C13H20N2O2/c1-5-11-8-10(9-14)6-7-15(11)12(16)17-13(2,3)4/h5,10H,6-8H2,1-4H3/b11-5-. The number of nitriles is 1. The van der Waals surface area contributed by atoms with E-state index in [-0.39, 0.29) is 12.0 Å². The maximum absolute atomic E-state index is 12.0. The van der Waals surface area contributed by atoms with Gasteiger partial charge in [-0.05, 0) is 34.1 Å². The number of piperidine rings is 1. The van der Waals surface area contributed by atoms with E-state index >= 15 is 0 Å². The Morgan fingerprint density at radius 1 is 1.59 bits per heavy atom. The normalized spacial score (nSPS) is 23.4. The molecule has 1 unspecified atom stereocenters. The van der Waals surface area contributed by atoms with E-state index in [4.69, 9.17) is 10.00 Å². The van der Waals surface area contributed by atoms with E-state index in [9.17, 15) is 4.79 Å². The summed E-state index contributed by atoms with van der Waals surface area (Å²) in [6.45, 7) is 7.99. The fourth-order valence-corrected chi connectivity index (χ4v) is 1.80. The Morgan fingerprint density at radius 3 is 2.71 bits per heavy atom. The molecule has 1 amide bonds. The molecule has 4 heteroatoms. The van der Waals surface area contributed by atoms with Crippen molar-refractivity contribution in [2.45, 2.75) is 46.1 Å². The summed E-state index contributed by atoms with van der Waals surface area (Å²) in [5.74, 6) is 0.0138.